The van der Waals surface area contributed by atoms with Crippen molar-refractivity contribution in [1.82, 2.24) is 9.88 Å². The first-order valence-corrected chi connectivity index (χ1v) is 9.72. The molecular weight excluding hydrogens is 326 g/mol. The first kappa shape index (κ1) is 18.8. The van der Waals surface area contributed by atoms with Crippen molar-refractivity contribution in [1.29, 1.82) is 0 Å². The molecule has 2 atom stereocenters. The van der Waals surface area contributed by atoms with E-state index in [4.69, 9.17) is 0 Å². The predicted octanol–water partition coefficient (Wildman–Crippen LogP) is 2.94. The Morgan fingerprint density at radius 2 is 2.12 bits per heavy atom. The first-order chi connectivity index (χ1) is 12.5. The number of carbonyl (C=O) groups is 1. The highest BCUT2D eigenvalue weighted by atomic mass is 16.3. The lowest BCUT2D eigenvalue weighted by Gasteiger charge is -2.32. The van der Waals surface area contributed by atoms with Crippen LogP contribution in [0.3, 0.4) is 0 Å². The molecule has 0 aliphatic carbocycles. The molecule has 1 aliphatic heterocycles. The second-order valence-electron chi connectivity index (χ2n) is 7.76. The van der Waals surface area contributed by atoms with Crippen molar-refractivity contribution in [2.45, 2.75) is 58.7 Å². The van der Waals surface area contributed by atoms with Crippen molar-refractivity contribution >= 4 is 22.5 Å². The lowest BCUT2D eigenvalue weighted by molar-refractivity contribution is -0.124. The number of carbonyl (C=O) groups excluding carboxylic acids is 1. The summed E-state index contributed by atoms with van der Waals surface area (Å²) in [5.74, 6) is 0.154. The van der Waals surface area contributed by atoms with E-state index in [1.165, 1.54) is 16.5 Å². The molecule has 0 saturated heterocycles. The summed E-state index contributed by atoms with van der Waals surface area (Å²) in [6, 6.07) is 5.83. The minimum atomic E-state index is -0.264. The molecular formula is C21H31N3O2. The van der Waals surface area contributed by atoms with Gasteiger partial charge in [0.2, 0.25) is 5.91 Å². The summed E-state index contributed by atoms with van der Waals surface area (Å²) in [4.78, 5) is 15.0. The van der Waals surface area contributed by atoms with Crippen LogP contribution in [0.2, 0.25) is 0 Å². The smallest absolute Gasteiger partial charge is 0.243 e. The van der Waals surface area contributed by atoms with E-state index in [2.05, 4.69) is 60.0 Å². The summed E-state index contributed by atoms with van der Waals surface area (Å²) in [5, 5.41) is 14.1. The standard InChI is InChI=1S/C21H31N3O2/c1-5-6-10-24-12-15-11-16(13-25)22-21(26)20(14(2)3)23(4)17-8-7-9-18(24)19(15)17/h7-9,12,14,16,20,25H,5-6,10-11,13H2,1-4H3,(H,22,26)/t16-,20-/m0/s1. The Morgan fingerprint density at radius 3 is 2.77 bits per heavy atom. The van der Waals surface area contributed by atoms with E-state index in [1.54, 1.807) is 0 Å². The van der Waals surface area contributed by atoms with Gasteiger partial charge in [0.15, 0.2) is 0 Å². The van der Waals surface area contributed by atoms with Gasteiger partial charge in [-0.3, -0.25) is 4.79 Å². The molecule has 0 saturated carbocycles. The number of amides is 1. The molecule has 5 heteroatoms. The van der Waals surface area contributed by atoms with Gasteiger partial charge in [-0.25, -0.2) is 0 Å². The number of nitrogens with one attached hydrogen (secondary N) is 1. The number of anilines is 1. The highest BCUT2D eigenvalue weighted by molar-refractivity contribution is 5.98. The average molecular weight is 357 g/mol. The van der Waals surface area contributed by atoms with Crippen molar-refractivity contribution in [3.63, 3.8) is 0 Å². The molecule has 1 amide bonds. The number of hydrogen-bond donors (Lipinski definition) is 2. The fourth-order valence-electron chi connectivity index (χ4n) is 4.17. The SMILES string of the molecule is CCCCn1cc2c3c(cccc31)N(C)[C@@H](C(C)C)C(=O)N[C@H](CO)C2. The summed E-state index contributed by atoms with van der Waals surface area (Å²) in [7, 11) is 2.01. The lowest BCUT2D eigenvalue weighted by Crippen LogP contribution is -2.52. The monoisotopic (exact) mass is 357 g/mol. The largest absolute Gasteiger partial charge is 0.394 e. The number of unbranched alkanes of at least 4 members (excludes halogenated alkanes) is 1. The summed E-state index contributed by atoms with van der Waals surface area (Å²) in [6.07, 6.45) is 5.15. The number of nitrogens with zero attached hydrogens (tertiary/aromatic N) is 2. The van der Waals surface area contributed by atoms with Gasteiger partial charge in [0.05, 0.1) is 18.2 Å². The van der Waals surface area contributed by atoms with E-state index in [-0.39, 0.29) is 30.5 Å². The van der Waals surface area contributed by atoms with E-state index in [0.29, 0.717) is 6.42 Å². The zero-order chi connectivity index (χ0) is 18.8. The summed E-state index contributed by atoms with van der Waals surface area (Å²) in [6.45, 7) is 7.28. The van der Waals surface area contributed by atoms with Gasteiger partial charge in [-0.05, 0) is 36.5 Å². The topological polar surface area (TPSA) is 57.5 Å². The Bertz CT molecular complexity index is 781. The molecule has 142 valence electrons. The van der Waals surface area contributed by atoms with Crippen LogP contribution in [0, 0.1) is 5.92 Å². The van der Waals surface area contributed by atoms with Crippen LogP contribution in [0.15, 0.2) is 24.4 Å². The van der Waals surface area contributed by atoms with E-state index < -0.39 is 0 Å². The molecule has 2 N–H and O–H groups in total. The lowest BCUT2D eigenvalue weighted by atomic mass is 10.0. The Hall–Kier alpha value is -2.01. The van der Waals surface area contributed by atoms with Crippen LogP contribution in [0.4, 0.5) is 5.69 Å². The number of aryl methyl sites for hydroxylation is 1. The second kappa shape index (κ2) is 7.70. The molecule has 1 aromatic carbocycles. The molecule has 0 fully saturated rings. The van der Waals surface area contributed by atoms with Crippen LogP contribution in [0.25, 0.3) is 10.9 Å². The molecule has 0 spiro atoms. The highest BCUT2D eigenvalue weighted by Crippen LogP contribution is 2.35. The Balaban J connectivity index is 2.20. The van der Waals surface area contributed by atoms with Crippen molar-refractivity contribution < 1.29 is 9.90 Å². The van der Waals surface area contributed by atoms with Gasteiger partial charge in [-0.2, -0.15) is 0 Å². The highest BCUT2D eigenvalue weighted by Gasteiger charge is 2.32. The van der Waals surface area contributed by atoms with E-state index in [9.17, 15) is 9.90 Å². The third kappa shape index (κ3) is 3.32. The molecule has 1 aromatic heterocycles. The predicted molar refractivity (Wildman–Crippen MR) is 107 cm³/mol. The zero-order valence-electron chi connectivity index (χ0n) is 16.3. The number of aliphatic hydroxyl groups excluding tert-OH is 1. The number of benzene rings is 1. The molecule has 0 unspecified atom stereocenters. The van der Waals surface area contributed by atoms with Crippen molar-refractivity contribution in [3.8, 4) is 0 Å². The maximum atomic E-state index is 12.9. The molecule has 5 nitrogen and oxygen atoms in total. The average Bonchev–Trinajstić information content (AvgIpc) is 2.97. The van der Waals surface area contributed by atoms with Crippen LogP contribution in [-0.2, 0) is 17.8 Å². The van der Waals surface area contributed by atoms with Crippen molar-refractivity contribution in [2.75, 3.05) is 18.6 Å². The number of aromatic nitrogens is 1. The minimum Gasteiger partial charge on any atom is -0.394 e. The third-order valence-electron chi connectivity index (χ3n) is 5.45. The number of rotatable bonds is 5. The van der Waals surface area contributed by atoms with Gasteiger partial charge in [0, 0.05) is 30.9 Å². The fourth-order valence-corrected chi connectivity index (χ4v) is 4.17. The molecule has 2 heterocycles. The molecule has 26 heavy (non-hydrogen) atoms. The molecule has 0 radical (unpaired) electrons. The second-order valence-corrected chi connectivity index (χ2v) is 7.76. The van der Waals surface area contributed by atoms with Gasteiger partial charge < -0.3 is 19.9 Å². The first-order valence-electron chi connectivity index (χ1n) is 9.72. The van der Waals surface area contributed by atoms with Gasteiger partial charge >= 0.3 is 0 Å². The third-order valence-corrected chi connectivity index (χ3v) is 5.45. The fraction of sp³-hybridized carbons (Fsp3) is 0.571. The Labute approximate surface area is 156 Å². The van der Waals surface area contributed by atoms with Gasteiger partial charge in [0.1, 0.15) is 6.04 Å². The van der Waals surface area contributed by atoms with Crippen LogP contribution in [0.1, 0.15) is 39.2 Å². The van der Waals surface area contributed by atoms with Gasteiger partial charge in [-0.1, -0.05) is 33.3 Å². The Morgan fingerprint density at radius 1 is 1.35 bits per heavy atom. The van der Waals surface area contributed by atoms with Gasteiger partial charge in [0.25, 0.3) is 0 Å². The maximum absolute atomic E-state index is 12.9. The van der Waals surface area contributed by atoms with Crippen molar-refractivity contribution in [2.24, 2.45) is 5.92 Å². The quantitative estimate of drug-likeness (QED) is 0.865. The molecule has 1 aliphatic rings. The summed E-state index contributed by atoms with van der Waals surface area (Å²) >= 11 is 0. The zero-order valence-corrected chi connectivity index (χ0v) is 16.3. The van der Waals surface area contributed by atoms with Crippen LogP contribution < -0.4 is 10.2 Å². The number of aliphatic hydroxyl groups is 1. The van der Waals surface area contributed by atoms with Gasteiger partial charge in [-0.15, -0.1) is 0 Å². The molecule has 2 aromatic rings. The number of likely N-dealkylation sites (N-methyl/N-ethyl adjacent to an activating group) is 1. The normalized spacial score (nSPS) is 20.8. The Kier molecular flexibility index (Phi) is 5.56. The summed E-state index contributed by atoms with van der Waals surface area (Å²) in [5.41, 5.74) is 3.51. The van der Waals surface area contributed by atoms with Crippen LogP contribution >= 0.6 is 0 Å². The molecule has 0 bridgehead atoms. The summed E-state index contributed by atoms with van der Waals surface area (Å²) < 4.78 is 2.33. The maximum Gasteiger partial charge on any atom is 0.243 e. The van der Waals surface area contributed by atoms with Crippen LogP contribution in [0.5, 0.6) is 0 Å². The van der Waals surface area contributed by atoms with E-state index in [1.807, 2.05) is 7.05 Å². The van der Waals surface area contributed by atoms with E-state index >= 15 is 0 Å². The van der Waals surface area contributed by atoms with Crippen molar-refractivity contribution in [3.05, 3.63) is 30.0 Å². The number of hydrogen-bond acceptors (Lipinski definition) is 3. The molecule has 3 rings (SSSR count). The van der Waals surface area contributed by atoms with Crippen LogP contribution in [-0.4, -0.2) is 41.3 Å². The van der Waals surface area contributed by atoms with E-state index in [0.717, 1.165) is 25.1 Å². The minimum absolute atomic E-state index is 0.0115.